The van der Waals surface area contributed by atoms with Gasteiger partial charge < -0.3 is 10.0 Å². The number of aliphatic carboxylic acids is 1. The van der Waals surface area contributed by atoms with Crippen molar-refractivity contribution in [1.82, 2.24) is 19.9 Å². The van der Waals surface area contributed by atoms with Gasteiger partial charge >= 0.3 is 5.97 Å². The van der Waals surface area contributed by atoms with E-state index in [1.165, 1.54) is 9.58 Å². The van der Waals surface area contributed by atoms with Gasteiger partial charge in [0.2, 0.25) is 0 Å². The van der Waals surface area contributed by atoms with E-state index in [4.69, 9.17) is 16.7 Å². The van der Waals surface area contributed by atoms with Crippen LogP contribution < -0.4 is 0 Å². The molecule has 1 saturated heterocycles. The molecule has 0 radical (unpaired) electrons. The van der Waals surface area contributed by atoms with Gasteiger partial charge in [0.15, 0.2) is 5.69 Å². The van der Waals surface area contributed by atoms with Gasteiger partial charge in [-0.05, 0) is 31.9 Å². The summed E-state index contributed by atoms with van der Waals surface area (Å²) in [6.45, 7) is 2.47. The first-order valence-electron chi connectivity index (χ1n) is 7.68. The van der Waals surface area contributed by atoms with Crippen molar-refractivity contribution in [2.24, 2.45) is 5.92 Å². The average molecular weight is 349 g/mol. The number of carboxylic acids is 1. The predicted octanol–water partition coefficient (Wildman–Crippen LogP) is 2.17. The standard InChI is InChI=1S/C16H17ClN4O3/c1-10-14(15(22)20-8-4-5-11(9-20)16(23)24)18-19-21(10)13-7-3-2-6-12(13)17/h2-3,6-7,11H,4-5,8-9H2,1H3,(H,23,24)/t11-/m0/s1. The number of hydrogen-bond donors (Lipinski definition) is 1. The molecule has 126 valence electrons. The number of rotatable bonds is 3. The van der Waals surface area contributed by atoms with Gasteiger partial charge in [-0.1, -0.05) is 28.9 Å². The molecule has 0 aliphatic carbocycles. The van der Waals surface area contributed by atoms with E-state index in [9.17, 15) is 9.59 Å². The highest BCUT2D eigenvalue weighted by Gasteiger charge is 2.31. The van der Waals surface area contributed by atoms with E-state index >= 15 is 0 Å². The van der Waals surface area contributed by atoms with E-state index in [1.807, 2.05) is 12.1 Å². The van der Waals surface area contributed by atoms with Crippen LogP contribution in [0.5, 0.6) is 0 Å². The zero-order valence-corrected chi connectivity index (χ0v) is 13.9. The van der Waals surface area contributed by atoms with Crippen LogP contribution in [-0.4, -0.2) is 50.0 Å². The molecule has 1 fully saturated rings. The van der Waals surface area contributed by atoms with E-state index < -0.39 is 11.9 Å². The Morgan fingerprint density at radius 1 is 1.33 bits per heavy atom. The molecule has 2 aromatic rings. The molecule has 24 heavy (non-hydrogen) atoms. The summed E-state index contributed by atoms with van der Waals surface area (Å²) < 4.78 is 1.52. The third kappa shape index (κ3) is 2.99. The lowest BCUT2D eigenvalue weighted by Gasteiger charge is -2.30. The molecule has 8 heteroatoms. The first kappa shape index (κ1) is 16.4. The molecule has 0 unspecified atom stereocenters. The minimum Gasteiger partial charge on any atom is -0.481 e. The van der Waals surface area contributed by atoms with Crippen LogP contribution in [0, 0.1) is 12.8 Å². The normalized spacial score (nSPS) is 17.8. The van der Waals surface area contributed by atoms with Crippen molar-refractivity contribution in [3.05, 3.63) is 40.7 Å². The van der Waals surface area contributed by atoms with Crippen molar-refractivity contribution >= 4 is 23.5 Å². The van der Waals surface area contributed by atoms with Gasteiger partial charge in [0.05, 0.1) is 22.3 Å². The molecule has 1 atom stereocenters. The molecule has 1 N–H and O–H groups in total. The number of carboxylic acid groups (broad SMARTS) is 1. The number of carbonyl (C=O) groups is 2. The summed E-state index contributed by atoms with van der Waals surface area (Å²) in [7, 11) is 0. The quantitative estimate of drug-likeness (QED) is 0.918. The van der Waals surface area contributed by atoms with Gasteiger partial charge in [-0.25, -0.2) is 4.68 Å². The lowest BCUT2D eigenvalue weighted by atomic mass is 9.98. The van der Waals surface area contributed by atoms with E-state index in [2.05, 4.69) is 10.3 Å². The van der Waals surface area contributed by atoms with Gasteiger partial charge in [0, 0.05) is 13.1 Å². The van der Waals surface area contributed by atoms with Gasteiger partial charge in [-0.15, -0.1) is 5.10 Å². The topological polar surface area (TPSA) is 88.3 Å². The highest BCUT2D eigenvalue weighted by atomic mass is 35.5. The first-order chi connectivity index (χ1) is 11.5. The second-order valence-corrected chi connectivity index (χ2v) is 6.22. The number of amides is 1. The van der Waals surface area contributed by atoms with Crippen molar-refractivity contribution < 1.29 is 14.7 Å². The largest absolute Gasteiger partial charge is 0.481 e. The highest BCUT2D eigenvalue weighted by molar-refractivity contribution is 6.32. The molecule has 0 spiro atoms. The number of halogens is 1. The number of para-hydroxylation sites is 1. The van der Waals surface area contributed by atoms with Crippen molar-refractivity contribution in [3.63, 3.8) is 0 Å². The third-order valence-corrected chi connectivity index (χ3v) is 4.56. The minimum absolute atomic E-state index is 0.201. The van der Waals surface area contributed by atoms with Crippen molar-refractivity contribution in [2.45, 2.75) is 19.8 Å². The first-order valence-corrected chi connectivity index (χ1v) is 8.06. The molecule has 3 rings (SSSR count). The Morgan fingerprint density at radius 3 is 2.79 bits per heavy atom. The molecule has 1 aliphatic rings. The number of nitrogens with zero attached hydrogens (tertiary/aromatic N) is 4. The summed E-state index contributed by atoms with van der Waals surface area (Å²) >= 11 is 6.17. The monoisotopic (exact) mass is 348 g/mol. The fourth-order valence-electron chi connectivity index (χ4n) is 2.89. The summed E-state index contributed by atoms with van der Waals surface area (Å²) in [5.41, 5.74) is 1.44. The summed E-state index contributed by atoms with van der Waals surface area (Å²) in [5, 5.41) is 17.7. The number of likely N-dealkylation sites (tertiary alicyclic amines) is 1. The van der Waals surface area contributed by atoms with Gasteiger partial charge in [-0.2, -0.15) is 0 Å². The van der Waals surface area contributed by atoms with Crippen LogP contribution in [-0.2, 0) is 4.79 Å². The maximum Gasteiger partial charge on any atom is 0.308 e. The number of benzene rings is 1. The number of piperidine rings is 1. The van der Waals surface area contributed by atoms with Crippen LogP contribution in [0.1, 0.15) is 29.0 Å². The summed E-state index contributed by atoms with van der Waals surface area (Å²) in [4.78, 5) is 25.4. The Labute approximate surface area is 143 Å². The van der Waals surface area contributed by atoms with Crippen molar-refractivity contribution in [3.8, 4) is 5.69 Å². The van der Waals surface area contributed by atoms with Crippen LogP contribution >= 0.6 is 11.6 Å². The van der Waals surface area contributed by atoms with Crippen molar-refractivity contribution in [2.75, 3.05) is 13.1 Å². The molecule has 0 bridgehead atoms. The molecule has 1 amide bonds. The molecular weight excluding hydrogens is 332 g/mol. The third-order valence-electron chi connectivity index (χ3n) is 4.24. The van der Waals surface area contributed by atoms with E-state index in [0.717, 1.165) is 0 Å². The summed E-state index contributed by atoms with van der Waals surface area (Å²) in [6, 6.07) is 7.16. The Hall–Kier alpha value is -2.41. The second-order valence-electron chi connectivity index (χ2n) is 5.82. The lowest BCUT2D eigenvalue weighted by molar-refractivity contribution is -0.143. The Balaban J connectivity index is 1.87. The Kier molecular flexibility index (Phi) is 4.53. The molecule has 1 aromatic heterocycles. The second kappa shape index (κ2) is 6.60. The molecule has 0 saturated carbocycles. The van der Waals surface area contributed by atoms with Crippen LogP contribution in [0.4, 0.5) is 0 Å². The minimum atomic E-state index is -0.871. The fraction of sp³-hybridized carbons (Fsp3) is 0.375. The van der Waals surface area contributed by atoms with Crippen LogP contribution in [0.25, 0.3) is 5.69 Å². The number of hydrogen-bond acceptors (Lipinski definition) is 4. The van der Waals surface area contributed by atoms with E-state index in [-0.39, 0.29) is 18.1 Å². The smallest absolute Gasteiger partial charge is 0.308 e. The van der Waals surface area contributed by atoms with Gasteiger partial charge in [0.25, 0.3) is 5.91 Å². The van der Waals surface area contributed by atoms with E-state index in [1.54, 1.807) is 19.1 Å². The van der Waals surface area contributed by atoms with Crippen molar-refractivity contribution in [1.29, 1.82) is 0 Å². The van der Waals surface area contributed by atoms with Crippen LogP contribution in [0.2, 0.25) is 5.02 Å². The molecular formula is C16H17ClN4O3. The molecule has 2 heterocycles. The summed E-state index contributed by atoms with van der Waals surface area (Å²) in [6.07, 6.45) is 1.25. The van der Waals surface area contributed by atoms with Gasteiger partial charge in [0.1, 0.15) is 0 Å². The molecule has 7 nitrogen and oxygen atoms in total. The Bertz CT molecular complexity index is 789. The van der Waals surface area contributed by atoms with Crippen LogP contribution in [0.3, 0.4) is 0 Å². The predicted molar refractivity (Wildman–Crippen MR) is 87.4 cm³/mol. The number of aromatic nitrogens is 3. The Morgan fingerprint density at radius 2 is 2.08 bits per heavy atom. The maximum absolute atomic E-state index is 12.7. The lowest BCUT2D eigenvalue weighted by Crippen LogP contribution is -2.42. The zero-order valence-electron chi connectivity index (χ0n) is 13.1. The molecule has 1 aliphatic heterocycles. The maximum atomic E-state index is 12.7. The summed E-state index contributed by atoms with van der Waals surface area (Å²) in [5.74, 6) is -1.69. The highest BCUT2D eigenvalue weighted by Crippen LogP contribution is 2.23. The SMILES string of the molecule is Cc1c(C(=O)N2CCC[C@H](C(=O)O)C2)nnn1-c1ccccc1Cl. The van der Waals surface area contributed by atoms with E-state index in [0.29, 0.717) is 35.8 Å². The number of carbonyl (C=O) groups excluding carboxylic acids is 1. The average Bonchev–Trinajstić information content (AvgIpc) is 2.96. The molecule has 1 aromatic carbocycles. The zero-order chi connectivity index (χ0) is 17.3. The van der Waals surface area contributed by atoms with Gasteiger partial charge in [-0.3, -0.25) is 9.59 Å². The fourth-order valence-corrected chi connectivity index (χ4v) is 3.11. The van der Waals surface area contributed by atoms with Crippen LogP contribution in [0.15, 0.2) is 24.3 Å².